The van der Waals surface area contributed by atoms with E-state index in [4.69, 9.17) is 4.98 Å². The number of hydrogen-bond acceptors (Lipinski definition) is 2. The lowest BCUT2D eigenvalue weighted by Gasteiger charge is -2.23. The van der Waals surface area contributed by atoms with Crippen molar-refractivity contribution in [3.05, 3.63) is 121 Å². The number of rotatable bonds is 5. The van der Waals surface area contributed by atoms with Crippen molar-refractivity contribution in [2.75, 3.05) is 11.4 Å². The molecule has 0 atom stereocenters. The fourth-order valence-electron chi connectivity index (χ4n) is 4.71. The van der Waals surface area contributed by atoms with Crippen LogP contribution in [0.15, 0.2) is 121 Å². The summed E-state index contributed by atoms with van der Waals surface area (Å²) >= 11 is 0. The van der Waals surface area contributed by atoms with Crippen LogP contribution in [-0.4, -0.2) is 16.1 Å². The highest BCUT2D eigenvalue weighted by atomic mass is 15.1. The smallest absolute Gasteiger partial charge is 0.145 e. The van der Waals surface area contributed by atoms with Crippen LogP contribution in [0.2, 0.25) is 0 Å². The SMILES string of the molecule is CCN(c1ccccc1)c1ccc(-c2nc3cc4ccccc4cc3n2-c2ccccc2)cc1. The molecule has 3 nitrogen and oxygen atoms in total. The Labute approximate surface area is 199 Å². The summed E-state index contributed by atoms with van der Waals surface area (Å²) in [6, 6.07) is 42.7. The second kappa shape index (κ2) is 8.53. The van der Waals surface area contributed by atoms with Gasteiger partial charge in [0, 0.05) is 29.2 Å². The lowest BCUT2D eigenvalue weighted by atomic mass is 10.1. The molecule has 6 aromatic rings. The minimum Gasteiger partial charge on any atom is -0.342 e. The molecule has 0 saturated heterocycles. The highest BCUT2D eigenvalue weighted by Gasteiger charge is 2.16. The van der Waals surface area contributed by atoms with Crippen molar-refractivity contribution < 1.29 is 0 Å². The van der Waals surface area contributed by atoms with E-state index >= 15 is 0 Å². The molecule has 0 aliphatic rings. The maximum Gasteiger partial charge on any atom is 0.145 e. The topological polar surface area (TPSA) is 21.1 Å². The lowest BCUT2D eigenvalue weighted by Crippen LogP contribution is -2.15. The Morgan fingerprint density at radius 2 is 1.24 bits per heavy atom. The van der Waals surface area contributed by atoms with Crippen molar-refractivity contribution >= 4 is 33.2 Å². The molecule has 0 saturated carbocycles. The Morgan fingerprint density at radius 3 is 1.91 bits per heavy atom. The molecule has 3 heteroatoms. The van der Waals surface area contributed by atoms with E-state index in [0.29, 0.717) is 0 Å². The summed E-state index contributed by atoms with van der Waals surface area (Å²) in [5.41, 5.74) is 6.69. The Bertz CT molecular complexity index is 1570. The summed E-state index contributed by atoms with van der Waals surface area (Å²) < 4.78 is 2.27. The molecular weight excluding hydrogens is 414 g/mol. The van der Waals surface area contributed by atoms with Gasteiger partial charge in [-0.2, -0.15) is 0 Å². The van der Waals surface area contributed by atoms with Crippen LogP contribution >= 0.6 is 0 Å². The van der Waals surface area contributed by atoms with E-state index in [0.717, 1.165) is 34.7 Å². The molecule has 34 heavy (non-hydrogen) atoms. The van der Waals surface area contributed by atoms with E-state index in [2.05, 4.69) is 138 Å². The van der Waals surface area contributed by atoms with Gasteiger partial charge < -0.3 is 4.90 Å². The molecule has 164 valence electrons. The molecule has 5 aromatic carbocycles. The zero-order chi connectivity index (χ0) is 22.9. The molecule has 0 bridgehead atoms. The zero-order valence-electron chi connectivity index (χ0n) is 19.1. The Kier molecular flexibility index (Phi) is 5.08. The van der Waals surface area contributed by atoms with Crippen molar-refractivity contribution in [1.29, 1.82) is 0 Å². The quantitative estimate of drug-likeness (QED) is 0.271. The maximum atomic E-state index is 5.11. The molecule has 0 aliphatic carbocycles. The van der Waals surface area contributed by atoms with Gasteiger partial charge in [0.25, 0.3) is 0 Å². The van der Waals surface area contributed by atoms with Gasteiger partial charge in [0.2, 0.25) is 0 Å². The Balaban J connectivity index is 1.51. The summed E-state index contributed by atoms with van der Waals surface area (Å²) in [5, 5.41) is 2.42. The minimum atomic E-state index is 0.901. The monoisotopic (exact) mass is 439 g/mol. The number of aromatic nitrogens is 2. The third kappa shape index (κ3) is 3.52. The van der Waals surface area contributed by atoms with E-state index in [1.165, 1.54) is 22.1 Å². The Hall–Kier alpha value is -4.37. The highest BCUT2D eigenvalue weighted by molar-refractivity contribution is 5.97. The first-order chi connectivity index (χ1) is 16.8. The highest BCUT2D eigenvalue weighted by Crippen LogP contribution is 2.33. The second-order valence-electron chi connectivity index (χ2n) is 8.42. The summed E-state index contributed by atoms with van der Waals surface area (Å²) in [6.45, 7) is 3.08. The number of nitrogens with zero attached hydrogens (tertiary/aromatic N) is 3. The molecule has 1 heterocycles. The van der Waals surface area contributed by atoms with Gasteiger partial charge in [-0.05, 0) is 78.4 Å². The van der Waals surface area contributed by atoms with Crippen LogP contribution in [0.3, 0.4) is 0 Å². The fourth-order valence-corrected chi connectivity index (χ4v) is 4.71. The minimum absolute atomic E-state index is 0.901. The van der Waals surface area contributed by atoms with Crippen molar-refractivity contribution in [3.8, 4) is 17.1 Å². The number of hydrogen-bond donors (Lipinski definition) is 0. The van der Waals surface area contributed by atoms with E-state index < -0.39 is 0 Å². The van der Waals surface area contributed by atoms with Crippen LogP contribution in [0.4, 0.5) is 11.4 Å². The van der Waals surface area contributed by atoms with E-state index in [1.54, 1.807) is 0 Å². The molecule has 0 N–H and O–H groups in total. The summed E-state index contributed by atoms with van der Waals surface area (Å²) in [6.07, 6.45) is 0. The summed E-state index contributed by atoms with van der Waals surface area (Å²) in [5.74, 6) is 0.950. The second-order valence-corrected chi connectivity index (χ2v) is 8.42. The van der Waals surface area contributed by atoms with Crippen molar-refractivity contribution in [1.82, 2.24) is 9.55 Å². The predicted molar refractivity (Wildman–Crippen MR) is 143 cm³/mol. The predicted octanol–water partition coefficient (Wildman–Crippen LogP) is 8.00. The Morgan fingerprint density at radius 1 is 0.647 bits per heavy atom. The van der Waals surface area contributed by atoms with Gasteiger partial charge in [0.15, 0.2) is 0 Å². The molecular formula is C31H25N3. The third-order valence-electron chi connectivity index (χ3n) is 6.36. The van der Waals surface area contributed by atoms with Gasteiger partial charge in [0.1, 0.15) is 5.82 Å². The average molecular weight is 440 g/mol. The average Bonchev–Trinajstić information content (AvgIpc) is 3.27. The normalized spacial score (nSPS) is 11.2. The molecule has 0 unspecified atom stereocenters. The van der Waals surface area contributed by atoms with Crippen LogP contribution in [0.1, 0.15) is 6.92 Å². The van der Waals surface area contributed by atoms with Crippen molar-refractivity contribution in [2.45, 2.75) is 6.92 Å². The van der Waals surface area contributed by atoms with Gasteiger partial charge >= 0.3 is 0 Å². The molecule has 0 fully saturated rings. The number of anilines is 2. The lowest BCUT2D eigenvalue weighted by molar-refractivity contribution is 1.02. The van der Waals surface area contributed by atoms with Gasteiger partial charge in [-0.15, -0.1) is 0 Å². The number of benzene rings is 5. The van der Waals surface area contributed by atoms with Crippen LogP contribution in [-0.2, 0) is 0 Å². The number of fused-ring (bicyclic) bond motifs is 2. The van der Waals surface area contributed by atoms with Gasteiger partial charge in [0.05, 0.1) is 11.0 Å². The molecule has 0 amide bonds. The van der Waals surface area contributed by atoms with E-state index in [-0.39, 0.29) is 0 Å². The fraction of sp³-hybridized carbons (Fsp3) is 0.0645. The summed E-state index contributed by atoms with van der Waals surface area (Å²) in [7, 11) is 0. The molecule has 1 aromatic heterocycles. The first-order valence-electron chi connectivity index (χ1n) is 11.7. The molecule has 0 aliphatic heterocycles. The van der Waals surface area contributed by atoms with Crippen molar-refractivity contribution in [2.24, 2.45) is 0 Å². The van der Waals surface area contributed by atoms with E-state index in [1.807, 2.05) is 0 Å². The van der Waals surface area contributed by atoms with Crippen LogP contribution in [0.25, 0.3) is 38.9 Å². The van der Waals surface area contributed by atoms with Crippen LogP contribution in [0, 0.1) is 0 Å². The van der Waals surface area contributed by atoms with Crippen LogP contribution < -0.4 is 4.90 Å². The number of imidazole rings is 1. The van der Waals surface area contributed by atoms with Gasteiger partial charge in [-0.25, -0.2) is 4.98 Å². The molecule has 6 rings (SSSR count). The standard InChI is InChI=1S/C31H25N3/c1-2-33(26-13-5-3-6-14-26)27-19-17-23(18-20-27)31-32-29-21-24-11-9-10-12-25(24)22-30(29)34(31)28-15-7-4-8-16-28/h3-22H,2H2,1H3. The van der Waals surface area contributed by atoms with Gasteiger partial charge in [-0.1, -0.05) is 60.7 Å². The van der Waals surface area contributed by atoms with E-state index in [9.17, 15) is 0 Å². The largest absolute Gasteiger partial charge is 0.342 e. The summed E-state index contributed by atoms with van der Waals surface area (Å²) in [4.78, 5) is 7.43. The number of para-hydroxylation sites is 2. The first-order valence-corrected chi connectivity index (χ1v) is 11.7. The maximum absolute atomic E-state index is 5.11. The van der Waals surface area contributed by atoms with Crippen molar-refractivity contribution in [3.63, 3.8) is 0 Å². The molecule has 0 spiro atoms. The first kappa shape index (κ1) is 20.3. The molecule has 0 radical (unpaired) electrons. The van der Waals surface area contributed by atoms with Gasteiger partial charge in [-0.3, -0.25) is 4.57 Å². The third-order valence-corrected chi connectivity index (χ3v) is 6.36. The van der Waals surface area contributed by atoms with Crippen LogP contribution in [0.5, 0.6) is 0 Å². The zero-order valence-corrected chi connectivity index (χ0v) is 19.1.